The summed E-state index contributed by atoms with van der Waals surface area (Å²) in [5, 5.41) is 0. The zero-order chi connectivity index (χ0) is 11.6. The lowest BCUT2D eigenvalue weighted by atomic mass is 10.4. The van der Waals surface area contributed by atoms with Crippen molar-refractivity contribution in [3.63, 3.8) is 0 Å². The van der Waals surface area contributed by atoms with Gasteiger partial charge in [0.1, 0.15) is 5.69 Å². The summed E-state index contributed by atoms with van der Waals surface area (Å²) in [7, 11) is 1.65. The lowest BCUT2D eigenvalue weighted by molar-refractivity contribution is 0.0515. The molecule has 1 aromatic rings. The van der Waals surface area contributed by atoms with Crippen molar-refractivity contribution in [1.82, 2.24) is 4.57 Å². The minimum absolute atomic E-state index is 0.237. The van der Waals surface area contributed by atoms with Crippen LogP contribution in [0.25, 0.3) is 0 Å². The Kier molecular flexibility index (Phi) is 3.65. The molecule has 1 unspecified atom stereocenters. The van der Waals surface area contributed by atoms with Gasteiger partial charge in [0.2, 0.25) is 0 Å². The largest absolute Gasteiger partial charge is 0.461 e. The predicted octanol–water partition coefficient (Wildman–Crippen LogP) is 1.09. The predicted molar refractivity (Wildman–Crippen MR) is 55.1 cm³/mol. The van der Waals surface area contributed by atoms with Crippen molar-refractivity contribution in [2.75, 3.05) is 6.61 Å². The fourth-order valence-corrected chi connectivity index (χ4v) is 1.85. The molecule has 1 aromatic heterocycles. The number of aromatic nitrogens is 1. The highest BCUT2D eigenvalue weighted by molar-refractivity contribution is 7.79. The topological polar surface area (TPSA) is 68.5 Å². The van der Waals surface area contributed by atoms with Gasteiger partial charge in [-0.25, -0.2) is 9.00 Å². The number of hydrogen-bond donors (Lipinski definition) is 1. The van der Waals surface area contributed by atoms with Gasteiger partial charge in [0.15, 0.2) is 11.1 Å². The van der Waals surface area contributed by atoms with Gasteiger partial charge < -0.3 is 13.9 Å². The average molecular weight is 231 g/mol. The summed E-state index contributed by atoms with van der Waals surface area (Å²) in [6.07, 6.45) is 0. The first-order chi connectivity index (χ1) is 6.99. The second kappa shape index (κ2) is 4.59. The smallest absolute Gasteiger partial charge is 0.354 e. The molecule has 0 aromatic carbocycles. The van der Waals surface area contributed by atoms with Crippen LogP contribution in [-0.2, 0) is 22.9 Å². The Bertz CT molecular complexity index is 410. The molecule has 5 nitrogen and oxygen atoms in total. The van der Waals surface area contributed by atoms with Gasteiger partial charge in [0, 0.05) is 12.7 Å². The third-order valence-corrected chi connectivity index (χ3v) is 2.95. The molecule has 0 aliphatic carbocycles. The number of hydrogen-bond acceptors (Lipinski definition) is 3. The number of rotatable bonds is 3. The summed E-state index contributed by atoms with van der Waals surface area (Å²) in [5.41, 5.74) is 0.866. The van der Waals surface area contributed by atoms with Crippen molar-refractivity contribution >= 4 is 17.0 Å². The first-order valence-corrected chi connectivity index (χ1v) is 5.54. The van der Waals surface area contributed by atoms with Crippen LogP contribution >= 0.6 is 0 Å². The third-order valence-electron chi connectivity index (χ3n) is 2.16. The monoisotopic (exact) mass is 231 g/mol. The molecule has 0 spiro atoms. The molecule has 0 fully saturated rings. The van der Waals surface area contributed by atoms with E-state index in [1.807, 2.05) is 0 Å². The van der Waals surface area contributed by atoms with Crippen molar-refractivity contribution < 1.29 is 18.3 Å². The van der Waals surface area contributed by atoms with Gasteiger partial charge >= 0.3 is 5.97 Å². The van der Waals surface area contributed by atoms with E-state index in [9.17, 15) is 9.00 Å². The van der Waals surface area contributed by atoms with Gasteiger partial charge in [-0.05, 0) is 19.9 Å². The van der Waals surface area contributed by atoms with E-state index in [0.29, 0.717) is 5.69 Å². The molecule has 0 saturated carbocycles. The quantitative estimate of drug-likeness (QED) is 0.624. The van der Waals surface area contributed by atoms with Crippen molar-refractivity contribution in [2.24, 2.45) is 7.05 Å². The number of carbonyl (C=O) groups excluding carboxylic acids is 1. The maximum atomic E-state index is 11.4. The van der Waals surface area contributed by atoms with Crippen LogP contribution in [0.1, 0.15) is 23.1 Å². The van der Waals surface area contributed by atoms with Gasteiger partial charge in [0.25, 0.3) is 0 Å². The van der Waals surface area contributed by atoms with Crippen molar-refractivity contribution in [2.45, 2.75) is 18.7 Å². The van der Waals surface area contributed by atoms with Gasteiger partial charge in [-0.15, -0.1) is 0 Å². The van der Waals surface area contributed by atoms with E-state index in [1.165, 1.54) is 6.07 Å². The molecular weight excluding hydrogens is 218 g/mol. The fraction of sp³-hybridized carbons (Fsp3) is 0.444. The molecule has 1 N–H and O–H groups in total. The van der Waals surface area contributed by atoms with E-state index >= 15 is 0 Å². The molecule has 0 aliphatic rings. The van der Waals surface area contributed by atoms with E-state index in [0.717, 1.165) is 0 Å². The normalized spacial score (nSPS) is 12.5. The Labute approximate surface area is 90.3 Å². The van der Waals surface area contributed by atoms with Crippen molar-refractivity contribution in [1.29, 1.82) is 0 Å². The SMILES string of the molecule is CCOC(=O)c1cc(S(=O)O)c(C)n1C. The average Bonchev–Trinajstić information content (AvgIpc) is 2.45. The molecule has 1 atom stereocenters. The van der Waals surface area contributed by atoms with Gasteiger partial charge in [-0.1, -0.05) is 0 Å². The molecule has 0 aliphatic heterocycles. The molecule has 1 heterocycles. The lowest BCUT2D eigenvalue weighted by Gasteiger charge is -2.03. The summed E-state index contributed by atoms with van der Waals surface area (Å²) in [4.78, 5) is 11.7. The van der Waals surface area contributed by atoms with E-state index in [1.54, 1.807) is 25.5 Å². The van der Waals surface area contributed by atoms with Crippen LogP contribution in [0.15, 0.2) is 11.0 Å². The first kappa shape index (κ1) is 11.9. The summed E-state index contributed by atoms with van der Waals surface area (Å²) in [6, 6.07) is 1.38. The summed E-state index contributed by atoms with van der Waals surface area (Å²) in [6.45, 7) is 3.66. The standard InChI is InChI=1S/C9H13NO4S/c1-4-14-9(11)7-5-8(15(12)13)6(2)10(7)3/h5H,4H2,1-3H3,(H,12,13). The van der Waals surface area contributed by atoms with Gasteiger partial charge in [-0.2, -0.15) is 0 Å². The molecule has 0 saturated heterocycles. The Morgan fingerprint density at radius 1 is 1.67 bits per heavy atom. The zero-order valence-corrected chi connectivity index (χ0v) is 9.63. The Balaban J connectivity index is 3.16. The molecule has 84 valence electrons. The zero-order valence-electron chi connectivity index (χ0n) is 8.81. The molecule has 15 heavy (non-hydrogen) atoms. The molecular formula is C9H13NO4S. The van der Waals surface area contributed by atoms with Crippen LogP contribution < -0.4 is 0 Å². The number of esters is 1. The van der Waals surface area contributed by atoms with E-state index in [-0.39, 0.29) is 17.2 Å². The summed E-state index contributed by atoms with van der Waals surface area (Å²) in [5.74, 6) is -0.486. The molecule has 0 radical (unpaired) electrons. The second-order valence-electron chi connectivity index (χ2n) is 3.01. The van der Waals surface area contributed by atoms with Gasteiger partial charge in [-0.3, -0.25) is 0 Å². The minimum atomic E-state index is -2.08. The summed E-state index contributed by atoms with van der Waals surface area (Å²) >= 11 is -2.08. The second-order valence-corrected chi connectivity index (χ2v) is 3.95. The van der Waals surface area contributed by atoms with Crippen molar-refractivity contribution in [3.05, 3.63) is 17.5 Å². The van der Waals surface area contributed by atoms with E-state index in [4.69, 9.17) is 9.29 Å². The van der Waals surface area contributed by atoms with Crippen LogP contribution in [0.2, 0.25) is 0 Å². The van der Waals surface area contributed by atoms with Crippen LogP contribution in [0.4, 0.5) is 0 Å². The molecule has 6 heteroatoms. The maximum absolute atomic E-state index is 11.4. The lowest BCUT2D eigenvalue weighted by Crippen LogP contribution is -2.10. The van der Waals surface area contributed by atoms with Crippen LogP contribution in [0.3, 0.4) is 0 Å². The van der Waals surface area contributed by atoms with Crippen LogP contribution in [-0.4, -0.2) is 25.9 Å². The van der Waals surface area contributed by atoms with Crippen LogP contribution in [0, 0.1) is 6.92 Å². The van der Waals surface area contributed by atoms with Crippen LogP contribution in [0.5, 0.6) is 0 Å². The highest BCUT2D eigenvalue weighted by Gasteiger charge is 2.18. The first-order valence-electron chi connectivity index (χ1n) is 4.43. The Morgan fingerprint density at radius 3 is 2.67 bits per heavy atom. The van der Waals surface area contributed by atoms with E-state index < -0.39 is 17.0 Å². The third kappa shape index (κ3) is 2.27. The summed E-state index contributed by atoms with van der Waals surface area (Å²) < 4.78 is 26.2. The number of nitrogens with zero attached hydrogens (tertiary/aromatic N) is 1. The Morgan fingerprint density at radius 2 is 2.27 bits per heavy atom. The maximum Gasteiger partial charge on any atom is 0.354 e. The van der Waals surface area contributed by atoms with E-state index in [2.05, 4.69) is 0 Å². The molecule has 0 amide bonds. The molecule has 0 bridgehead atoms. The van der Waals surface area contributed by atoms with Gasteiger partial charge in [0.05, 0.1) is 11.5 Å². The highest BCUT2D eigenvalue weighted by atomic mass is 32.2. The number of carbonyl (C=O) groups is 1. The fourth-order valence-electron chi connectivity index (χ4n) is 1.25. The Hall–Kier alpha value is -1.14. The van der Waals surface area contributed by atoms with Crippen molar-refractivity contribution in [3.8, 4) is 0 Å². The minimum Gasteiger partial charge on any atom is -0.461 e. The highest BCUT2D eigenvalue weighted by Crippen LogP contribution is 2.17. The molecule has 1 rings (SSSR count). The number of ether oxygens (including phenoxy) is 1.